The molecule has 2 aromatic rings. The van der Waals surface area contributed by atoms with E-state index in [1.165, 1.54) is 25.1 Å². The number of piperazine rings is 1. The fourth-order valence-corrected chi connectivity index (χ4v) is 3.32. The molecule has 0 atom stereocenters. The smallest absolute Gasteiger partial charge is 0.269 e. The van der Waals surface area contributed by atoms with Crippen molar-refractivity contribution in [2.45, 2.75) is 38.7 Å². The van der Waals surface area contributed by atoms with Crippen LogP contribution < -0.4 is 15.4 Å². The summed E-state index contributed by atoms with van der Waals surface area (Å²) in [6.07, 6.45) is 1.22. The molecule has 0 aromatic carbocycles. The first kappa shape index (κ1) is 17.8. The van der Waals surface area contributed by atoms with Gasteiger partial charge in [-0.05, 0) is 19.8 Å². The number of aromatic nitrogens is 4. The monoisotopic (exact) mass is 376 g/mol. The number of rotatable bonds is 5. The highest BCUT2D eigenvalue weighted by atomic mass is 19.3. The van der Waals surface area contributed by atoms with Crippen LogP contribution in [0.15, 0.2) is 23.1 Å². The lowest BCUT2D eigenvalue weighted by atomic mass is 10.2. The zero-order chi connectivity index (χ0) is 19.0. The summed E-state index contributed by atoms with van der Waals surface area (Å²) in [5, 5.41) is 3.87. The van der Waals surface area contributed by atoms with Gasteiger partial charge in [-0.1, -0.05) is 0 Å². The SMILES string of the molecule is Cc1cc(N2CCN(c3cnn(CC(F)F)c(=O)c3)CC2)nc(C2CC2)n1. The molecule has 1 saturated carbocycles. The van der Waals surface area contributed by atoms with E-state index in [1.54, 1.807) is 0 Å². The molecule has 3 heterocycles. The van der Waals surface area contributed by atoms with E-state index in [2.05, 4.69) is 15.0 Å². The van der Waals surface area contributed by atoms with Crippen molar-refractivity contribution in [2.75, 3.05) is 36.0 Å². The van der Waals surface area contributed by atoms with Gasteiger partial charge in [0.2, 0.25) is 0 Å². The lowest BCUT2D eigenvalue weighted by Gasteiger charge is -2.36. The Morgan fingerprint density at radius 1 is 1.11 bits per heavy atom. The van der Waals surface area contributed by atoms with Gasteiger partial charge in [-0.25, -0.2) is 23.4 Å². The molecule has 0 N–H and O–H groups in total. The van der Waals surface area contributed by atoms with Gasteiger partial charge < -0.3 is 9.80 Å². The Hall–Kier alpha value is -2.58. The number of hydrogen-bond donors (Lipinski definition) is 0. The number of hydrogen-bond acceptors (Lipinski definition) is 6. The zero-order valence-electron chi connectivity index (χ0n) is 15.2. The molecular formula is C18H22F2N6O. The van der Waals surface area contributed by atoms with Crippen molar-refractivity contribution in [3.05, 3.63) is 40.2 Å². The van der Waals surface area contributed by atoms with E-state index in [9.17, 15) is 13.6 Å². The minimum absolute atomic E-state index is 0.504. The van der Waals surface area contributed by atoms with Gasteiger partial charge in [0.05, 0.1) is 11.9 Å². The van der Waals surface area contributed by atoms with Gasteiger partial charge in [0.25, 0.3) is 12.0 Å². The lowest BCUT2D eigenvalue weighted by Crippen LogP contribution is -2.47. The van der Waals surface area contributed by atoms with Crippen LogP contribution >= 0.6 is 0 Å². The number of alkyl halides is 2. The molecule has 9 heteroatoms. The molecule has 1 aliphatic carbocycles. The molecule has 1 saturated heterocycles. The van der Waals surface area contributed by atoms with Crippen molar-refractivity contribution in [1.29, 1.82) is 0 Å². The van der Waals surface area contributed by atoms with E-state index in [1.807, 2.05) is 17.9 Å². The summed E-state index contributed by atoms with van der Waals surface area (Å²) in [6.45, 7) is 4.27. The molecule has 0 radical (unpaired) electrons. The average molecular weight is 376 g/mol. The molecule has 7 nitrogen and oxygen atoms in total. The number of aryl methyl sites for hydroxylation is 1. The summed E-state index contributed by atoms with van der Waals surface area (Å²) in [4.78, 5) is 25.5. The maximum absolute atomic E-state index is 12.4. The molecule has 0 bridgehead atoms. The molecule has 2 fully saturated rings. The quantitative estimate of drug-likeness (QED) is 0.793. The van der Waals surface area contributed by atoms with Crippen LogP contribution in [0.4, 0.5) is 20.3 Å². The zero-order valence-corrected chi connectivity index (χ0v) is 15.2. The van der Waals surface area contributed by atoms with Crippen LogP contribution in [0.1, 0.15) is 30.3 Å². The Bertz CT molecular complexity index is 874. The van der Waals surface area contributed by atoms with E-state index in [-0.39, 0.29) is 0 Å². The highest BCUT2D eigenvalue weighted by molar-refractivity contribution is 5.47. The second-order valence-electron chi connectivity index (χ2n) is 7.10. The van der Waals surface area contributed by atoms with Crippen molar-refractivity contribution in [3.8, 4) is 0 Å². The normalized spacial score (nSPS) is 17.6. The standard InChI is InChI=1S/C18H22F2N6O/c1-12-8-16(23-18(22-12)13-2-3-13)25-6-4-24(5-7-25)14-9-17(27)26(21-10-14)11-15(19)20/h8-10,13,15H,2-7,11H2,1H3. The Balaban J connectivity index is 1.43. The van der Waals surface area contributed by atoms with Gasteiger partial charge >= 0.3 is 0 Å². The Morgan fingerprint density at radius 2 is 1.81 bits per heavy atom. The number of halogens is 2. The highest BCUT2D eigenvalue weighted by Gasteiger charge is 2.28. The van der Waals surface area contributed by atoms with Gasteiger partial charge in [0, 0.05) is 49.9 Å². The third-order valence-electron chi connectivity index (χ3n) is 4.94. The van der Waals surface area contributed by atoms with Gasteiger partial charge in [0.1, 0.15) is 18.2 Å². The molecule has 27 heavy (non-hydrogen) atoms. The third kappa shape index (κ3) is 4.06. The summed E-state index contributed by atoms with van der Waals surface area (Å²) in [7, 11) is 0. The van der Waals surface area contributed by atoms with Crippen LogP contribution in [0.5, 0.6) is 0 Å². The van der Waals surface area contributed by atoms with Crippen molar-refractivity contribution in [1.82, 2.24) is 19.7 Å². The molecule has 2 aliphatic rings. The van der Waals surface area contributed by atoms with E-state index in [0.717, 1.165) is 35.1 Å². The fourth-order valence-electron chi connectivity index (χ4n) is 3.32. The topological polar surface area (TPSA) is 67.2 Å². The molecule has 0 unspecified atom stereocenters. The second-order valence-corrected chi connectivity index (χ2v) is 7.10. The maximum atomic E-state index is 12.4. The van der Waals surface area contributed by atoms with E-state index >= 15 is 0 Å². The summed E-state index contributed by atoms with van der Waals surface area (Å²) >= 11 is 0. The van der Waals surface area contributed by atoms with Crippen LogP contribution in [0.2, 0.25) is 0 Å². The van der Waals surface area contributed by atoms with Crippen LogP contribution in [-0.4, -0.2) is 52.4 Å². The van der Waals surface area contributed by atoms with Gasteiger partial charge in [0.15, 0.2) is 0 Å². The Morgan fingerprint density at radius 3 is 2.44 bits per heavy atom. The summed E-state index contributed by atoms with van der Waals surface area (Å²) < 4.78 is 25.7. The van der Waals surface area contributed by atoms with Crippen molar-refractivity contribution < 1.29 is 8.78 Å². The van der Waals surface area contributed by atoms with Crippen molar-refractivity contribution in [3.63, 3.8) is 0 Å². The number of anilines is 2. The minimum atomic E-state index is -2.60. The largest absolute Gasteiger partial charge is 0.367 e. The summed E-state index contributed by atoms with van der Waals surface area (Å²) in [5.74, 6) is 2.41. The third-order valence-corrected chi connectivity index (χ3v) is 4.94. The Labute approximate surface area is 155 Å². The lowest BCUT2D eigenvalue weighted by molar-refractivity contribution is 0.119. The predicted octanol–water partition coefficient (Wildman–Crippen LogP) is 1.81. The van der Waals surface area contributed by atoms with Gasteiger partial charge in [-0.3, -0.25) is 4.79 Å². The molecule has 2 aromatic heterocycles. The van der Waals surface area contributed by atoms with Gasteiger partial charge in [-0.2, -0.15) is 5.10 Å². The maximum Gasteiger partial charge on any atom is 0.269 e. The van der Waals surface area contributed by atoms with Crippen LogP contribution in [0.25, 0.3) is 0 Å². The van der Waals surface area contributed by atoms with Crippen LogP contribution in [0.3, 0.4) is 0 Å². The van der Waals surface area contributed by atoms with E-state index < -0.39 is 18.5 Å². The first-order valence-corrected chi connectivity index (χ1v) is 9.20. The number of nitrogens with zero attached hydrogens (tertiary/aromatic N) is 6. The molecule has 1 aliphatic heterocycles. The van der Waals surface area contributed by atoms with Crippen LogP contribution in [0, 0.1) is 6.92 Å². The summed E-state index contributed by atoms with van der Waals surface area (Å²) in [5.41, 5.74) is 1.15. The molecule has 0 amide bonds. The predicted molar refractivity (Wildman–Crippen MR) is 97.7 cm³/mol. The van der Waals surface area contributed by atoms with Gasteiger partial charge in [-0.15, -0.1) is 0 Å². The molecule has 4 rings (SSSR count). The Kier molecular flexibility index (Phi) is 4.75. The van der Waals surface area contributed by atoms with Crippen LogP contribution in [-0.2, 0) is 6.54 Å². The fraction of sp³-hybridized carbons (Fsp3) is 0.556. The van der Waals surface area contributed by atoms with E-state index in [4.69, 9.17) is 4.98 Å². The molecule has 144 valence electrons. The van der Waals surface area contributed by atoms with Crippen molar-refractivity contribution >= 4 is 11.5 Å². The highest BCUT2D eigenvalue weighted by Crippen LogP contribution is 2.38. The minimum Gasteiger partial charge on any atom is -0.367 e. The second kappa shape index (κ2) is 7.21. The first-order chi connectivity index (χ1) is 13.0. The van der Waals surface area contributed by atoms with E-state index in [0.29, 0.717) is 24.7 Å². The van der Waals surface area contributed by atoms with Crippen molar-refractivity contribution in [2.24, 2.45) is 0 Å². The molecular weight excluding hydrogens is 354 g/mol. The molecule has 0 spiro atoms. The summed E-state index contributed by atoms with van der Waals surface area (Å²) in [6, 6.07) is 3.39. The average Bonchev–Trinajstić information content (AvgIpc) is 3.48. The first-order valence-electron chi connectivity index (χ1n) is 9.20.